The minimum Gasteiger partial charge on any atom is -0.460 e. The van der Waals surface area contributed by atoms with E-state index in [1.807, 2.05) is 26.0 Å². The van der Waals surface area contributed by atoms with Crippen LogP contribution in [0.25, 0.3) is 0 Å². The van der Waals surface area contributed by atoms with Crippen LogP contribution in [0.5, 0.6) is 0 Å². The van der Waals surface area contributed by atoms with Crippen LogP contribution in [0.3, 0.4) is 0 Å². The highest BCUT2D eigenvalue weighted by molar-refractivity contribution is 6.08. The Hall–Kier alpha value is -2.36. The number of aliphatic hydroxyl groups excluding tert-OH is 1. The van der Waals surface area contributed by atoms with E-state index in [0.717, 1.165) is 12.8 Å². The Labute approximate surface area is 226 Å². The molecule has 0 saturated heterocycles. The summed E-state index contributed by atoms with van der Waals surface area (Å²) in [5.41, 5.74) is 5.31. The summed E-state index contributed by atoms with van der Waals surface area (Å²) in [6.45, 7) is 3.89. The number of esters is 1. The van der Waals surface area contributed by atoms with Gasteiger partial charge in [-0.05, 0) is 74.3 Å². The Balaban J connectivity index is 1.79. The number of nitrogens with two attached hydrogens (primary N) is 1. The third kappa shape index (κ3) is 10.8. The standard InChI is InChI=1S/C29H45NO8/c1-18(2)21(15-28(30)34)16-29(35)38-25-12-8-20(14-27(25)37-4)6-10-23(32)17-22(31)9-5-19-7-11-24(33)26(13-19)36-3/h5-6,9-10,18-21,24-27,33H,7-8,11-17H2,1-4H3,(H2,30,34)/b9-5+,10-6+/t19?,20?,21?,24?,25-,26?,27?/m1/s1. The van der Waals surface area contributed by atoms with Crippen molar-refractivity contribution in [3.8, 4) is 0 Å². The van der Waals surface area contributed by atoms with E-state index in [4.69, 9.17) is 19.9 Å². The number of aliphatic hydroxyl groups is 1. The van der Waals surface area contributed by atoms with Gasteiger partial charge >= 0.3 is 5.97 Å². The van der Waals surface area contributed by atoms with E-state index in [0.29, 0.717) is 25.7 Å². The molecule has 2 fully saturated rings. The van der Waals surface area contributed by atoms with Crippen molar-refractivity contribution >= 4 is 23.4 Å². The Morgan fingerprint density at radius 1 is 0.842 bits per heavy atom. The van der Waals surface area contributed by atoms with Crippen LogP contribution in [0.2, 0.25) is 0 Å². The third-order valence-electron chi connectivity index (χ3n) is 7.75. The average Bonchev–Trinajstić information content (AvgIpc) is 2.86. The number of hydrogen-bond acceptors (Lipinski definition) is 8. The fraction of sp³-hybridized carbons (Fsp3) is 0.724. The molecule has 0 aromatic carbocycles. The number of carbonyl (C=O) groups is 4. The number of carbonyl (C=O) groups excluding carboxylic acids is 4. The van der Waals surface area contributed by atoms with Crippen molar-refractivity contribution in [2.45, 2.75) is 96.1 Å². The van der Waals surface area contributed by atoms with E-state index >= 15 is 0 Å². The number of methoxy groups -OCH3 is 2. The summed E-state index contributed by atoms with van der Waals surface area (Å²) in [7, 11) is 3.14. The highest BCUT2D eigenvalue weighted by Gasteiger charge is 2.33. The molecule has 0 heterocycles. The summed E-state index contributed by atoms with van der Waals surface area (Å²) in [5.74, 6) is -1.13. The van der Waals surface area contributed by atoms with Gasteiger partial charge in [-0.2, -0.15) is 0 Å². The second-order valence-corrected chi connectivity index (χ2v) is 11.0. The molecule has 1 amide bonds. The Morgan fingerprint density at radius 2 is 1.39 bits per heavy atom. The zero-order valence-corrected chi connectivity index (χ0v) is 23.2. The van der Waals surface area contributed by atoms with Crippen molar-refractivity contribution in [1.29, 1.82) is 0 Å². The highest BCUT2D eigenvalue weighted by atomic mass is 16.6. The molecule has 7 atom stereocenters. The Morgan fingerprint density at radius 3 is 1.92 bits per heavy atom. The van der Waals surface area contributed by atoms with Gasteiger partial charge < -0.3 is 25.1 Å². The maximum absolute atomic E-state index is 12.5. The summed E-state index contributed by atoms with van der Waals surface area (Å²) in [6, 6.07) is 0. The first-order valence-corrected chi connectivity index (χ1v) is 13.7. The van der Waals surface area contributed by atoms with Crippen molar-refractivity contribution < 1.29 is 38.5 Å². The Bertz CT molecular complexity index is 867. The molecule has 9 heteroatoms. The van der Waals surface area contributed by atoms with Crippen molar-refractivity contribution in [2.24, 2.45) is 29.4 Å². The van der Waals surface area contributed by atoms with Gasteiger partial charge in [0.05, 0.1) is 24.7 Å². The fourth-order valence-electron chi connectivity index (χ4n) is 5.27. The van der Waals surface area contributed by atoms with Gasteiger partial charge in [0.25, 0.3) is 0 Å². The largest absolute Gasteiger partial charge is 0.460 e. The molecule has 214 valence electrons. The predicted octanol–water partition coefficient (Wildman–Crippen LogP) is 3.07. The van der Waals surface area contributed by atoms with Crippen LogP contribution >= 0.6 is 0 Å². The molecule has 9 nitrogen and oxygen atoms in total. The van der Waals surface area contributed by atoms with Gasteiger partial charge in [0.15, 0.2) is 11.6 Å². The van der Waals surface area contributed by atoms with Crippen LogP contribution in [0, 0.1) is 23.7 Å². The predicted molar refractivity (Wildman–Crippen MR) is 142 cm³/mol. The van der Waals surface area contributed by atoms with Crippen molar-refractivity contribution in [3.63, 3.8) is 0 Å². The Kier molecular flexibility index (Phi) is 13.3. The molecular formula is C29H45NO8. The molecule has 2 saturated carbocycles. The molecular weight excluding hydrogens is 490 g/mol. The maximum Gasteiger partial charge on any atom is 0.306 e. The van der Waals surface area contributed by atoms with Crippen LogP contribution in [-0.4, -0.2) is 67.2 Å². The zero-order valence-electron chi connectivity index (χ0n) is 23.2. The van der Waals surface area contributed by atoms with Gasteiger partial charge in [-0.25, -0.2) is 0 Å². The molecule has 0 aliphatic heterocycles. The van der Waals surface area contributed by atoms with E-state index < -0.39 is 12.0 Å². The van der Waals surface area contributed by atoms with Crippen LogP contribution in [-0.2, 0) is 33.4 Å². The normalized spacial score (nSPS) is 29.0. The van der Waals surface area contributed by atoms with Crippen LogP contribution in [0.4, 0.5) is 0 Å². The molecule has 0 spiro atoms. The molecule has 2 aliphatic rings. The second kappa shape index (κ2) is 15.9. The lowest BCUT2D eigenvalue weighted by Gasteiger charge is -2.34. The molecule has 2 aliphatic carbocycles. The van der Waals surface area contributed by atoms with Gasteiger partial charge in [0.1, 0.15) is 6.10 Å². The summed E-state index contributed by atoms with van der Waals surface area (Å²) < 4.78 is 16.6. The summed E-state index contributed by atoms with van der Waals surface area (Å²) in [5, 5.41) is 9.90. The number of ether oxygens (including phenoxy) is 3. The topological polar surface area (TPSA) is 142 Å². The van der Waals surface area contributed by atoms with Crippen LogP contribution < -0.4 is 5.73 Å². The smallest absolute Gasteiger partial charge is 0.306 e. The number of allylic oxidation sites excluding steroid dienone is 4. The van der Waals surface area contributed by atoms with Crippen LogP contribution in [0.1, 0.15) is 71.6 Å². The minimum atomic E-state index is -0.475. The molecule has 38 heavy (non-hydrogen) atoms. The van der Waals surface area contributed by atoms with Gasteiger partial charge in [0.2, 0.25) is 5.91 Å². The zero-order chi connectivity index (χ0) is 28.2. The SMILES string of the molecule is COC1CC(/C=C/C(=O)CC(=O)/C=C/C2CC[C@@H](OC(=O)CC(CC(N)=O)C(C)C)C(OC)C2)CCC1O. The minimum absolute atomic E-state index is 0.0717. The fourth-order valence-corrected chi connectivity index (χ4v) is 5.27. The molecule has 3 N–H and O–H groups in total. The highest BCUT2D eigenvalue weighted by Crippen LogP contribution is 2.31. The van der Waals surface area contributed by atoms with E-state index in [1.54, 1.807) is 14.2 Å². The molecule has 0 aromatic rings. The molecule has 0 bridgehead atoms. The van der Waals surface area contributed by atoms with Gasteiger partial charge in [-0.3, -0.25) is 19.2 Å². The van der Waals surface area contributed by atoms with Gasteiger partial charge in [-0.1, -0.05) is 26.0 Å². The second-order valence-electron chi connectivity index (χ2n) is 11.0. The number of primary amides is 1. The van der Waals surface area contributed by atoms with Gasteiger partial charge in [-0.15, -0.1) is 0 Å². The lowest BCUT2D eigenvalue weighted by molar-refractivity contribution is -0.161. The van der Waals surface area contributed by atoms with E-state index in [2.05, 4.69) is 0 Å². The number of amides is 1. The number of ketones is 2. The average molecular weight is 536 g/mol. The first-order chi connectivity index (χ1) is 18.0. The molecule has 6 unspecified atom stereocenters. The molecule has 0 radical (unpaired) electrons. The lowest BCUT2D eigenvalue weighted by atomic mass is 9.84. The third-order valence-corrected chi connectivity index (χ3v) is 7.75. The number of hydrogen-bond donors (Lipinski definition) is 2. The molecule has 2 rings (SSSR count). The van der Waals surface area contributed by atoms with Gasteiger partial charge in [0, 0.05) is 27.1 Å². The maximum atomic E-state index is 12.5. The van der Waals surface area contributed by atoms with Crippen molar-refractivity contribution in [1.82, 2.24) is 0 Å². The summed E-state index contributed by atoms with van der Waals surface area (Å²) >= 11 is 0. The first-order valence-electron chi connectivity index (χ1n) is 13.7. The van der Waals surface area contributed by atoms with Crippen LogP contribution in [0.15, 0.2) is 24.3 Å². The van der Waals surface area contributed by atoms with E-state index in [1.165, 1.54) is 12.2 Å². The molecule has 0 aromatic heterocycles. The lowest BCUT2D eigenvalue weighted by Crippen LogP contribution is -2.39. The quantitative estimate of drug-likeness (QED) is 0.196. The monoisotopic (exact) mass is 535 g/mol. The van der Waals surface area contributed by atoms with E-state index in [-0.39, 0.29) is 78.8 Å². The van der Waals surface area contributed by atoms with E-state index in [9.17, 15) is 24.3 Å². The number of rotatable bonds is 14. The first kappa shape index (κ1) is 31.9. The summed E-state index contributed by atoms with van der Waals surface area (Å²) in [4.78, 5) is 48.5. The van der Waals surface area contributed by atoms with Crippen molar-refractivity contribution in [2.75, 3.05) is 14.2 Å². The van der Waals surface area contributed by atoms with Crippen molar-refractivity contribution in [3.05, 3.63) is 24.3 Å². The summed E-state index contributed by atoms with van der Waals surface area (Å²) in [6.07, 6.45) is 9.21.